The van der Waals surface area contributed by atoms with E-state index in [-0.39, 0.29) is 0 Å². The van der Waals surface area contributed by atoms with Crippen molar-refractivity contribution in [1.82, 2.24) is 14.9 Å². The summed E-state index contributed by atoms with van der Waals surface area (Å²) >= 11 is 0. The van der Waals surface area contributed by atoms with Crippen LogP contribution in [0.3, 0.4) is 0 Å². The molecule has 2 aromatic rings. The molecule has 0 saturated heterocycles. The minimum absolute atomic E-state index is 0.810. The molecule has 1 N–H and O–H groups in total. The van der Waals surface area contributed by atoms with E-state index >= 15 is 0 Å². The summed E-state index contributed by atoms with van der Waals surface area (Å²) in [5, 5.41) is 3.17. The zero-order valence-electron chi connectivity index (χ0n) is 12.5. The van der Waals surface area contributed by atoms with Crippen LogP contribution < -0.4 is 5.32 Å². The van der Waals surface area contributed by atoms with Gasteiger partial charge in [0.2, 0.25) is 0 Å². The van der Waals surface area contributed by atoms with Gasteiger partial charge in [-0.15, -0.1) is 0 Å². The fraction of sp³-hybridized carbons (Fsp3) is 0.438. The second kappa shape index (κ2) is 5.57. The molecular formula is C16H23N3. The first-order valence-corrected chi connectivity index (χ1v) is 6.75. The highest BCUT2D eigenvalue weighted by Gasteiger charge is 2.12. The Morgan fingerprint density at radius 2 is 1.95 bits per heavy atom. The summed E-state index contributed by atoms with van der Waals surface area (Å²) in [5.41, 5.74) is 6.54. The molecule has 1 heterocycles. The Hall–Kier alpha value is -1.61. The van der Waals surface area contributed by atoms with Gasteiger partial charge in [0, 0.05) is 19.2 Å². The molecule has 102 valence electrons. The van der Waals surface area contributed by atoms with Gasteiger partial charge in [0.15, 0.2) is 0 Å². The van der Waals surface area contributed by atoms with E-state index in [1.807, 2.05) is 7.05 Å². The molecule has 0 unspecified atom stereocenters. The fourth-order valence-electron chi connectivity index (χ4n) is 2.37. The minimum Gasteiger partial charge on any atom is -0.334 e. The molecule has 1 aromatic heterocycles. The van der Waals surface area contributed by atoms with Crippen LogP contribution in [-0.2, 0) is 20.0 Å². The third-order valence-corrected chi connectivity index (χ3v) is 3.98. The highest BCUT2D eigenvalue weighted by atomic mass is 15.1. The first-order valence-electron chi connectivity index (χ1n) is 6.75. The van der Waals surface area contributed by atoms with Crippen molar-refractivity contribution in [3.8, 4) is 0 Å². The van der Waals surface area contributed by atoms with Gasteiger partial charge in [0.05, 0.1) is 12.2 Å². The quantitative estimate of drug-likeness (QED) is 0.912. The third kappa shape index (κ3) is 2.71. The number of rotatable bonds is 4. The maximum atomic E-state index is 4.77. The molecule has 0 fully saturated rings. The van der Waals surface area contributed by atoms with Crippen LogP contribution in [0.4, 0.5) is 0 Å². The summed E-state index contributed by atoms with van der Waals surface area (Å²) in [6.07, 6.45) is 0.914. The minimum atomic E-state index is 0.810. The molecule has 0 aliphatic rings. The fourth-order valence-corrected chi connectivity index (χ4v) is 2.37. The summed E-state index contributed by atoms with van der Waals surface area (Å²) in [6.45, 7) is 7.31. The summed E-state index contributed by atoms with van der Waals surface area (Å²) in [5.74, 6) is 1.10. The average Bonchev–Trinajstić information content (AvgIpc) is 2.64. The standard InChI is InChI=1S/C16H23N3/c1-11-7-6-8-14(12(11)2)9-15-13(3)19(5)16(18-15)10-17-4/h6-8,17H,9-10H2,1-5H3. The van der Waals surface area contributed by atoms with Crippen molar-refractivity contribution in [2.75, 3.05) is 7.05 Å². The van der Waals surface area contributed by atoms with Gasteiger partial charge >= 0.3 is 0 Å². The zero-order valence-corrected chi connectivity index (χ0v) is 12.5. The van der Waals surface area contributed by atoms with E-state index in [9.17, 15) is 0 Å². The van der Waals surface area contributed by atoms with E-state index in [1.54, 1.807) is 0 Å². The summed E-state index contributed by atoms with van der Waals surface area (Å²) in [6, 6.07) is 6.50. The molecule has 0 radical (unpaired) electrons. The van der Waals surface area contributed by atoms with Gasteiger partial charge in [-0.3, -0.25) is 0 Å². The SMILES string of the molecule is CNCc1nc(Cc2cccc(C)c2C)c(C)n1C. The molecule has 0 saturated carbocycles. The third-order valence-electron chi connectivity index (χ3n) is 3.98. The molecule has 2 rings (SSSR count). The van der Waals surface area contributed by atoms with Crippen LogP contribution in [0, 0.1) is 20.8 Å². The number of benzene rings is 1. The Morgan fingerprint density at radius 1 is 1.21 bits per heavy atom. The van der Waals surface area contributed by atoms with Crippen LogP contribution in [0.2, 0.25) is 0 Å². The molecule has 0 bridgehead atoms. The molecule has 0 atom stereocenters. The summed E-state index contributed by atoms with van der Waals surface area (Å²) in [4.78, 5) is 4.77. The molecular weight excluding hydrogens is 234 g/mol. The van der Waals surface area contributed by atoms with Crippen molar-refractivity contribution in [3.63, 3.8) is 0 Å². The molecule has 0 aliphatic heterocycles. The van der Waals surface area contributed by atoms with Crippen LogP contribution in [0.25, 0.3) is 0 Å². The summed E-state index contributed by atoms with van der Waals surface area (Å²) in [7, 11) is 4.04. The van der Waals surface area contributed by atoms with E-state index in [0.717, 1.165) is 18.8 Å². The average molecular weight is 257 g/mol. The lowest BCUT2D eigenvalue weighted by molar-refractivity contribution is 0.700. The number of hydrogen-bond donors (Lipinski definition) is 1. The smallest absolute Gasteiger partial charge is 0.122 e. The lowest BCUT2D eigenvalue weighted by Crippen LogP contribution is -2.10. The van der Waals surface area contributed by atoms with E-state index < -0.39 is 0 Å². The van der Waals surface area contributed by atoms with Crippen molar-refractivity contribution < 1.29 is 0 Å². The van der Waals surface area contributed by atoms with Gasteiger partial charge in [-0.25, -0.2) is 4.98 Å². The van der Waals surface area contributed by atoms with Crippen molar-refractivity contribution in [2.45, 2.75) is 33.7 Å². The van der Waals surface area contributed by atoms with Gasteiger partial charge in [0.1, 0.15) is 5.82 Å². The Kier molecular flexibility index (Phi) is 4.05. The number of aromatic nitrogens is 2. The van der Waals surface area contributed by atoms with E-state index in [4.69, 9.17) is 4.98 Å². The highest BCUT2D eigenvalue weighted by Crippen LogP contribution is 2.19. The van der Waals surface area contributed by atoms with Crippen molar-refractivity contribution in [2.24, 2.45) is 7.05 Å². The van der Waals surface area contributed by atoms with Gasteiger partial charge in [-0.05, 0) is 44.5 Å². The number of imidazole rings is 1. The van der Waals surface area contributed by atoms with Crippen molar-refractivity contribution >= 4 is 0 Å². The van der Waals surface area contributed by atoms with E-state index in [1.165, 1.54) is 28.1 Å². The maximum Gasteiger partial charge on any atom is 0.122 e. The predicted molar refractivity (Wildman–Crippen MR) is 79.4 cm³/mol. The van der Waals surface area contributed by atoms with Gasteiger partial charge in [0.25, 0.3) is 0 Å². The van der Waals surface area contributed by atoms with Gasteiger partial charge in [-0.2, -0.15) is 0 Å². The topological polar surface area (TPSA) is 29.9 Å². The highest BCUT2D eigenvalue weighted by molar-refractivity contribution is 5.36. The lowest BCUT2D eigenvalue weighted by atomic mass is 9.99. The Labute approximate surface area is 115 Å². The lowest BCUT2D eigenvalue weighted by Gasteiger charge is -2.07. The normalized spacial score (nSPS) is 11.0. The number of nitrogens with one attached hydrogen (secondary N) is 1. The maximum absolute atomic E-state index is 4.77. The molecule has 3 nitrogen and oxygen atoms in total. The zero-order chi connectivity index (χ0) is 14.0. The molecule has 0 amide bonds. The molecule has 3 heteroatoms. The van der Waals surface area contributed by atoms with Gasteiger partial charge < -0.3 is 9.88 Å². The van der Waals surface area contributed by atoms with E-state index in [0.29, 0.717) is 0 Å². The molecule has 0 spiro atoms. The Bertz CT molecular complexity index is 582. The Balaban J connectivity index is 2.33. The monoisotopic (exact) mass is 257 g/mol. The second-order valence-corrected chi connectivity index (χ2v) is 5.19. The number of nitrogens with zero attached hydrogens (tertiary/aromatic N) is 2. The Morgan fingerprint density at radius 3 is 2.63 bits per heavy atom. The van der Waals surface area contributed by atoms with Crippen molar-refractivity contribution in [1.29, 1.82) is 0 Å². The first-order chi connectivity index (χ1) is 9.04. The van der Waals surface area contributed by atoms with Crippen LogP contribution in [0.15, 0.2) is 18.2 Å². The largest absolute Gasteiger partial charge is 0.334 e. The van der Waals surface area contributed by atoms with Crippen LogP contribution >= 0.6 is 0 Å². The van der Waals surface area contributed by atoms with Crippen LogP contribution in [-0.4, -0.2) is 16.6 Å². The van der Waals surface area contributed by atoms with E-state index in [2.05, 4.69) is 55.9 Å². The summed E-state index contributed by atoms with van der Waals surface area (Å²) < 4.78 is 2.18. The van der Waals surface area contributed by atoms with Gasteiger partial charge in [-0.1, -0.05) is 18.2 Å². The number of aryl methyl sites for hydroxylation is 1. The predicted octanol–water partition coefficient (Wildman–Crippen LogP) is 2.66. The molecule has 19 heavy (non-hydrogen) atoms. The molecule has 1 aromatic carbocycles. The van der Waals surface area contributed by atoms with Crippen molar-refractivity contribution in [3.05, 3.63) is 52.1 Å². The second-order valence-electron chi connectivity index (χ2n) is 5.19. The first kappa shape index (κ1) is 13.8. The molecule has 0 aliphatic carbocycles. The van der Waals surface area contributed by atoms with Crippen LogP contribution in [0.5, 0.6) is 0 Å². The number of hydrogen-bond acceptors (Lipinski definition) is 2. The van der Waals surface area contributed by atoms with Crippen LogP contribution in [0.1, 0.15) is 33.9 Å².